The molecule has 0 saturated heterocycles. The Kier molecular flexibility index (Phi) is 7.48. The molecule has 0 fully saturated rings. The molecule has 2 aromatic carbocycles. The third-order valence-electron chi connectivity index (χ3n) is 5.62. The number of carboxylic acid groups (broad SMARTS) is 1. The first-order valence-electron chi connectivity index (χ1n) is 10.7. The van der Waals surface area contributed by atoms with E-state index in [1.165, 1.54) is 13.8 Å². The molecule has 0 saturated carbocycles. The maximum Gasteiger partial charge on any atom is 0.407 e. The van der Waals surface area contributed by atoms with Gasteiger partial charge in [-0.2, -0.15) is 13.2 Å². The normalized spacial score (nSPS) is 14.6. The SMILES string of the molecule is CC(C)C(NC(=O)C(CC(F)(F)F)NC(=O)OCC1c2ccccc2-c2ccccc21)C(=O)O. The Balaban J connectivity index is 1.70. The van der Waals surface area contributed by atoms with Crippen molar-refractivity contribution >= 4 is 18.0 Å². The van der Waals surface area contributed by atoms with Gasteiger partial charge < -0.3 is 20.5 Å². The second kappa shape index (κ2) is 10.1. The van der Waals surface area contributed by atoms with Crippen LogP contribution in [0, 0.1) is 5.92 Å². The number of ether oxygens (including phenoxy) is 1. The third-order valence-corrected chi connectivity index (χ3v) is 5.62. The Morgan fingerprint density at radius 1 is 0.971 bits per heavy atom. The molecule has 10 heteroatoms. The van der Waals surface area contributed by atoms with E-state index < -0.39 is 48.6 Å². The molecule has 0 heterocycles. The van der Waals surface area contributed by atoms with Crippen LogP contribution in [-0.4, -0.2) is 47.9 Å². The number of hydrogen-bond acceptors (Lipinski definition) is 4. The van der Waals surface area contributed by atoms with Crippen LogP contribution in [0.3, 0.4) is 0 Å². The molecule has 1 aliphatic rings. The molecule has 34 heavy (non-hydrogen) atoms. The van der Waals surface area contributed by atoms with Gasteiger partial charge in [-0.15, -0.1) is 0 Å². The lowest BCUT2D eigenvalue weighted by molar-refractivity contribution is -0.151. The standard InChI is InChI=1S/C24H25F3N2O5/c1-13(2)20(22(31)32)29-21(30)19(11-24(25,26)27)28-23(33)34-12-18-16-9-5-3-7-14(16)15-8-4-6-10-17(15)18/h3-10,13,18-20H,11-12H2,1-2H3,(H,28,33)(H,29,30)(H,31,32). The molecule has 0 spiro atoms. The molecule has 1 aliphatic carbocycles. The van der Waals surface area contributed by atoms with Gasteiger partial charge in [0.05, 0.1) is 6.42 Å². The number of alkyl halides is 3. The average Bonchev–Trinajstić information content (AvgIpc) is 3.08. The minimum Gasteiger partial charge on any atom is -0.480 e. The van der Waals surface area contributed by atoms with Gasteiger partial charge in [-0.05, 0) is 28.2 Å². The molecule has 0 aliphatic heterocycles. The molecule has 2 amide bonds. The maximum absolute atomic E-state index is 13.0. The molecule has 0 aromatic heterocycles. The van der Waals surface area contributed by atoms with Crippen LogP contribution in [-0.2, 0) is 14.3 Å². The van der Waals surface area contributed by atoms with Crippen molar-refractivity contribution in [2.45, 2.75) is 44.4 Å². The minimum atomic E-state index is -4.78. The fourth-order valence-electron chi connectivity index (χ4n) is 3.99. The summed E-state index contributed by atoms with van der Waals surface area (Å²) in [5.74, 6) is -3.55. The van der Waals surface area contributed by atoms with Crippen molar-refractivity contribution < 1.29 is 37.4 Å². The first kappa shape index (κ1) is 25.1. The number of carbonyl (C=O) groups is 3. The molecule has 0 bridgehead atoms. The van der Waals surface area contributed by atoms with Gasteiger partial charge in [-0.1, -0.05) is 62.4 Å². The zero-order valence-corrected chi connectivity index (χ0v) is 18.6. The monoisotopic (exact) mass is 478 g/mol. The first-order valence-corrected chi connectivity index (χ1v) is 10.7. The minimum absolute atomic E-state index is 0.149. The zero-order valence-electron chi connectivity index (χ0n) is 18.6. The van der Waals surface area contributed by atoms with E-state index >= 15 is 0 Å². The zero-order chi connectivity index (χ0) is 25.0. The molecule has 2 unspecified atom stereocenters. The lowest BCUT2D eigenvalue weighted by Gasteiger charge is -2.24. The smallest absolute Gasteiger partial charge is 0.407 e. The summed E-state index contributed by atoms with van der Waals surface area (Å²) in [6.07, 6.45) is -7.66. The number of carboxylic acids is 1. The van der Waals surface area contributed by atoms with Gasteiger partial charge in [0.1, 0.15) is 18.7 Å². The third kappa shape index (κ3) is 5.86. The van der Waals surface area contributed by atoms with Crippen LogP contribution in [0.15, 0.2) is 48.5 Å². The van der Waals surface area contributed by atoms with Crippen LogP contribution in [0.1, 0.15) is 37.3 Å². The number of aliphatic carboxylic acids is 1. The molecule has 3 N–H and O–H groups in total. The van der Waals surface area contributed by atoms with Gasteiger partial charge in [-0.3, -0.25) is 4.79 Å². The fourth-order valence-corrected chi connectivity index (χ4v) is 3.99. The molecular weight excluding hydrogens is 453 g/mol. The van der Waals surface area contributed by atoms with Crippen molar-refractivity contribution in [3.05, 3.63) is 59.7 Å². The van der Waals surface area contributed by atoms with E-state index in [1.54, 1.807) is 0 Å². The van der Waals surface area contributed by atoms with Crippen molar-refractivity contribution in [1.82, 2.24) is 10.6 Å². The Morgan fingerprint density at radius 2 is 1.50 bits per heavy atom. The van der Waals surface area contributed by atoms with E-state index in [0.717, 1.165) is 22.3 Å². The van der Waals surface area contributed by atoms with Gasteiger partial charge in [0.15, 0.2) is 0 Å². The van der Waals surface area contributed by atoms with E-state index in [2.05, 4.69) is 5.32 Å². The molecule has 182 valence electrons. The van der Waals surface area contributed by atoms with Crippen molar-refractivity contribution in [1.29, 1.82) is 0 Å². The molecule has 2 atom stereocenters. The van der Waals surface area contributed by atoms with Gasteiger partial charge in [0, 0.05) is 5.92 Å². The second-order valence-corrected chi connectivity index (χ2v) is 8.41. The van der Waals surface area contributed by atoms with Crippen molar-refractivity contribution in [3.8, 4) is 11.1 Å². The maximum atomic E-state index is 13.0. The fraction of sp³-hybridized carbons (Fsp3) is 0.375. The van der Waals surface area contributed by atoms with Crippen LogP contribution < -0.4 is 10.6 Å². The number of alkyl carbamates (subject to hydrolysis) is 1. The average molecular weight is 478 g/mol. The Morgan fingerprint density at radius 3 is 1.97 bits per heavy atom. The summed E-state index contributed by atoms with van der Waals surface area (Å²) in [5, 5.41) is 13.2. The van der Waals surface area contributed by atoms with E-state index in [1.807, 2.05) is 53.8 Å². The summed E-state index contributed by atoms with van der Waals surface area (Å²) in [4.78, 5) is 36.1. The highest BCUT2D eigenvalue weighted by atomic mass is 19.4. The Labute approximate surface area is 194 Å². The largest absolute Gasteiger partial charge is 0.480 e. The highest BCUT2D eigenvalue weighted by molar-refractivity contribution is 5.89. The van der Waals surface area contributed by atoms with Crippen molar-refractivity contribution in [2.75, 3.05) is 6.61 Å². The molecule has 3 rings (SSSR count). The van der Waals surface area contributed by atoms with Crippen LogP contribution in [0.2, 0.25) is 0 Å². The number of halogens is 3. The second-order valence-electron chi connectivity index (χ2n) is 8.41. The molecule has 7 nitrogen and oxygen atoms in total. The molecule has 2 aromatic rings. The van der Waals surface area contributed by atoms with Crippen molar-refractivity contribution in [2.24, 2.45) is 5.92 Å². The number of fused-ring (bicyclic) bond motifs is 3. The summed E-state index contributed by atoms with van der Waals surface area (Å²) < 4.78 is 44.4. The Bertz CT molecular complexity index is 1030. The Hall–Kier alpha value is -3.56. The van der Waals surface area contributed by atoms with Crippen LogP contribution in [0.25, 0.3) is 11.1 Å². The van der Waals surface area contributed by atoms with Crippen LogP contribution in [0.4, 0.5) is 18.0 Å². The van der Waals surface area contributed by atoms with Crippen LogP contribution in [0.5, 0.6) is 0 Å². The van der Waals surface area contributed by atoms with Gasteiger partial charge in [0.25, 0.3) is 0 Å². The van der Waals surface area contributed by atoms with Crippen LogP contribution >= 0.6 is 0 Å². The summed E-state index contributed by atoms with van der Waals surface area (Å²) in [6, 6.07) is 11.6. The van der Waals surface area contributed by atoms with E-state index in [-0.39, 0.29) is 12.5 Å². The number of amides is 2. The van der Waals surface area contributed by atoms with E-state index in [9.17, 15) is 32.7 Å². The number of hydrogen-bond donors (Lipinski definition) is 3. The van der Waals surface area contributed by atoms with Gasteiger partial charge in [0.2, 0.25) is 5.91 Å². The first-order chi connectivity index (χ1) is 16.0. The number of rotatable bonds is 8. The van der Waals surface area contributed by atoms with Gasteiger partial charge in [-0.25, -0.2) is 9.59 Å². The lowest BCUT2D eigenvalue weighted by Crippen LogP contribution is -2.54. The number of benzene rings is 2. The van der Waals surface area contributed by atoms with E-state index in [0.29, 0.717) is 0 Å². The molecule has 0 radical (unpaired) electrons. The predicted molar refractivity (Wildman–Crippen MR) is 117 cm³/mol. The predicted octanol–water partition coefficient (Wildman–Crippen LogP) is 4.07. The topological polar surface area (TPSA) is 105 Å². The summed E-state index contributed by atoms with van der Waals surface area (Å²) in [5.41, 5.74) is 3.80. The van der Waals surface area contributed by atoms with Gasteiger partial charge >= 0.3 is 18.2 Å². The summed E-state index contributed by atoms with van der Waals surface area (Å²) in [6.45, 7) is 2.84. The lowest BCUT2D eigenvalue weighted by atomic mass is 9.98. The number of nitrogens with one attached hydrogen (secondary N) is 2. The summed E-state index contributed by atoms with van der Waals surface area (Å²) >= 11 is 0. The van der Waals surface area contributed by atoms with Crippen molar-refractivity contribution in [3.63, 3.8) is 0 Å². The van der Waals surface area contributed by atoms with E-state index in [4.69, 9.17) is 4.74 Å². The quantitative estimate of drug-likeness (QED) is 0.531. The molecular formula is C24H25F3N2O5. The number of carbonyl (C=O) groups excluding carboxylic acids is 2. The highest BCUT2D eigenvalue weighted by Crippen LogP contribution is 2.44. The highest BCUT2D eigenvalue weighted by Gasteiger charge is 2.38. The summed E-state index contributed by atoms with van der Waals surface area (Å²) in [7, 11) is 0.